The Bertz CT molecular complexity index is 304. The molecule has 2 heterocycles. The lowest BCUT2D eigenvalue weighted by atomic mass is 10.1. The van der Waals surface area contributed by atoms with Crippen molar-refractivity contribution in [1.29, 1.82) is 0 Å². The number of likely N-dealkylation sites (tertiary alicyclic amines) is 1. The van der Waals surface area contributed by atoms with E-state index in [1.165, 1.54) is 5.57 Å². The zero-order valence-electron chi connectivity index (χ0n) is 9.54. The fraction of sp³-hybridized carbons (Fsp3) is 0.727. The molecule has 4 nitrogen and oxygen atoms in total. The third-order valence-corrected chi connectivity index (χ3v) is 2.64. The van der Waals surface area contributed by atoms with E-state index in [4.69, 9.17) is 4.74 Å². The van der Waals surface area contributed by atoms with Gasteiger partial charge < -0.3 is 15.0 Å². The molecule has 1 amide bonds. The second kappa shape index (κ2) is 3.43. The predicted molar refractivity (Wildman–Crippen MR) is 57.4 cm³/mol. The van der Waals surface area contributed by atoms with Crippen molar-refractivity contribution in [3.8, 4) is 0 Å². The van der Waals surface area contributed by atoms with Crippen LogP contribution in [0.2, 0.25) is 0 Å². The van der Waals surface area contributed by atoms with Crippen LogP contribution >= 0.6 is 0 Å². The van der Waals surface area contributed by atoms with Gasteiger partial charge in [0, 0.05) is 25.6 Å². The molecule has 1 saturated heterocycles. The lowest BCUT2D eigenvalue weighted by Gasteiger charge is -2.24. The molecule has 0 spiro atoms. The van der Waals surface area contributed by atoms with Crippen LogP contribution in [0.3, 0.4) is 0 Å². The number of nitrogens with zero attached hydrogens (tertiary/aromatic N) is 1. The third kappa shape index (κ3) is 2.25. The van der Waals surface area contributed by atoms with Gasteiger partial charge in [0.1, 0.15) is 5.60 Å². The molecule has 0 aliphatic carbocycles. The average molecular weight is 210 g/mol. The van der Waals surface area contributed by atoms with Crippen LogP contribution in [0.1, 0.15) is 20.8 Å². The van der Waals surface area contributed by atoms with Gasteiger partial charge >= 0.3 is 6.09 Å². The molecule has 0 saturated carbocycles. The molecule has 15 heavy (non-hydrogen) atoms. The number of rotatable bonds is 0. The Balaban J connectivity index is 1.94. The zero-order chi connectivity index (χ0) is 11.1. The average Bonchev–Trinajstić information content (AvgIpc) is 2.56. The van der Waals surface area contributed by atoms with Gasteiger partial charge in [0.05, 0.1) is 0 Å². The van der Waals surface area contributed by atoms with E-state index in [0.29, 0.717) is 12.5 Å². The van der Waals surface area contributed by atoms with Crippen LogP contribution in [0.25, 0.3) is 0 Å². The van der Waals surface area contributed by atoms with Crippen molar-refractivity contribution < 1.29 is 9.53 Å². The van der Waals surface area contributed by atoms with Crippen molar-refractivity contribution >= 4 is 6.09 Å². The fourth-order valence-corrected chi connectivity index (χ4v) is 1.95. The first-order valence-corrected chi connectivity index (χ1v) is 5.36. The van der Waals surface area contributed by atoms with Crippen LogP contribution < -0.4 is 5.32 Å². The molecule has 0 bridgehead atoms. The van der Waals surface area contributed by atoms with Gasteiger partial charge in [0.2, 0.25) is 0 Å². The highest BCUT2D eigenvalue weighted by Gasteiger charge is 2.34. The Labute approximate surface area is 90.3 Å². The first kappa shape index (κ1) is 10.3. The van der Waals surface area contributed by atoms with Gasteiger partial charge in [-0.15, -0.1) is 0 Å². The Morgan fingerprint density at radius 2 is 2.33 bits per heavy atom. The van der Waals surface area contributed by atoms with E-state index in [-0.39, 0.29) is 6.09 Å². The van der Waals surface area contributed by atoms with E-state index in [1.54, 1.807) is 4.90 Å². The molecule has 0 aromatic carbocycles. The Morgan fingerprint density at radius 3 is 2.93 bits per heavy atom. The minimum atomic E-state index is -0.401. The molecular weight excluding hydrogens is 192 g/mol. The van der Waals surface area contributed by atoms with E-state index in [9.17, 15) is 4.79 Å². The van der Waals surface area contributed by atoms with Crippen molar-refractivity contribution in [2.45, 2.75) is 26.4 Å². The summed E-state index contributed by atoms with van der Waals surface area (Å²) >= 11 is 0. The summed E-state index contributed by atoms with van der Waals surface area (Å²) in [5.41, 5.74) is 0.919. The van der Waals surface area contributed by atoms with Gasteiger partial charge in [0.25, 0.3) is 0 Å². The van der Waals surface area contributed by atoms with E-state index in [0.717, 1.165) is 13.1 Å². The lowest BCUT2D eigenvalue weighted by Crippen LogP contribution is -2.36. The quantitative estimate of drug-likeness (QED) is 0.656. The first-order chi connectivity index (χ1) is 6.96. The normalized spacial score (nSPS) is 24.6. The molecule has 0 aromatic heterocycles. The van der Waals surface area contributed by atoms with Crippen LogP contribution in [-0.2, 0) is 4.74 Å². The maximum Gasteiger partial charge on any atom is 0.410 e. The molecule has 2 aliphatic heterocycles. The topological polar surface area (TPSA) is 41.6 Å². The standard InChI is InChI=1S/C11H18N2O2/c1-11(2,3)15-10(14)13-6-8-4-12-5-9(8)7-13/h4,9,12H,5-7H2,1-3H3/t9-/m1/s1. The summed E-state index contributed by atoms with van der Waals surface area (Å²) < 4.78 is 5.33. The summed E-state index contributed by atoms with van der Waals surface area (Å²) in [7, 11) is 0. The summed E-state index contributed by atoms with van der Waals surface area (Å²) in [6.45, 7) is 8.13. The molecule has 2 rings (SSSR count). The van der Waals surface area contributed by atoms with Gasteiger partial charge in [0.15, 0.2) is 0 Å². The Kier molecular flexibility index (Phi) is 2.37. The zero-order valence-corrected chi connectivity index (χ0v) is 9.54. The highest BCUT2D eigenvalue weighted by Crippen LogP contribution is 2.26. The highest BCUT2D eigenvalue weighted by atomic mass is 16.6. The molecule has 0 aromatic rings. The maximum absolute atomic E-state index is 11.7. The summed E-state index contributed by atoms with van der Waals surface area (Å²) in [5, 5.41) is 3.19. The largest absolute Gasteiger partial charge is 0.444 e. The summed E-state index contributed by atoms with van der Waals surface area (Å²) in [6.07, 6.45) is 1.83. The molecule has 4 heteroatoms. The monoisotopic (exact) mass is 210 g/mol. The SMILES string of the molecule is CC(C)(C)OC(=O)N1CC2=CNC[C@@H]2C1. The Hall–Kier alpha value is -1.19. The summed E-state index contributed by atoms with van der Waals surface area (Å²) in [6, 6.07) is 0. The molecule has 0 unspecified atom stereocenters. The molecular formula is C11H18N2O2. The van der Waals surface area contributed by atoms with Crippen LogP contribution in [0.4, 0.5) is 4.79 Å². The van der Waals surface area contributed by atoms with Crippen LogP contribution in [-0.4, -0.2) is 36.2 Å². The van der Waals surface area contributed by atoms with Gasteiger partial charge in [-0.1, -0.05) is 0 Å². The maximum atomic E-state index is 11.7. The second-order valence-corrected chi connectivity index (χ2v) is 5.19. The number of hydrogen-bond acceptors (Lipinski definition) is 3. The molecule has 1 atom stereocenters. The highest BCUT2D eigenvalue weighted by molar-refractivity contribution is 5.69. The Morgan fingerprint density at radius 1 is 1.60 bits per heavy atom. The van der Waals surface area contributed by atoms with E-state index in [1.807, 2.05) is 27.0 Å². The molecule has 2 aliphatic rings. The van der Waals surface area contributed by atoms with Gasteiger partial charge in [-0.25, -0.2) is 4.79 Å². The number of carbonyl (C=O) groups is 1. The van der Waals surface area contributed by atoms with Crippen molar-refractivity contribution in [3.05, 3.63) is 11.8 Å². The van der Waals surface area contributed by atoms with E-state index in [2.05, 4.69) is 5.32 Å². The number of ether oxygens (including phenoxy) is 1. The number of nitrogens with one attached hydrogen (secondary N) is 1. The van der Waals surface area contributed by atoms with Crippen LogP contribution in [0, 0.1) is 5.92 Å². The van der Waals surface area contributed by atoms with Crippen molar-refractivity contribution in [3.63, 3.8) is 0 Å². The van der Waals surface area contributed by atoms with Crippen LogP contribution in [0.15, 0.2) is 11.8 Å². The van der Waals surface area contributed by atoms with E-state index < -0.39 is 5.60 Å². The predicted octanol–water partition coefficient (Wildman–Crippen LogP) is 1.34. The smallest absolute Gasteiger partial charge is 0.410 e. The van der Waals surface area contributed by atoms with Gasteiger partial charge in [-0.05, 0) is 32.5 Å². The van der Waals surface area contributed by atoms with Crippen molar-refractivity contribution in [2.24, 2.45) is 5.92 Å². The lowest BCUT2D eigenvalue weighted by molar-refractivity contribution is 0.0290. The fourth-order valence-electron chi connectivity index (χ4n) is 1.95. The second-order valence-electron chi connectivity index (χ2n) is 5.19. The van der Waals surface area contributed by atoms with Crippen molar-refractivity contribution in [1.82, 2.24) is 10.2 Å². The molecule has 84 valence electrons. The third-order valence-electron chi connectivity index (χ3n) is 2.64. The van der Waals surface area contributed by atoms with Gasteiger partial charge in [-0.2, -0.15) is 0 Å². The minimum Gasteiger partial charge on any atom is -0.444 e. The first-order valence-electron chi connectivity index (χ1n) is 5.36. The van der Waals surface area contributed by atoms with E-state index >= 15 is 0 Å². The number of hydrogen-bond donors (Lipinski definition) is 1. The number of fused-ring (bicyclic) bond motifs is 1. The van der Waals surface area contributed by atoms with Gasteiger partial charge in [-0.3, -0.25) is 0 Å². The number of carbonyl (C=O) groups excluding carboxylic acids is 1. The van der Waals surface area contributed by atoms with Crippen molar-refractivity contribution in [2.75, 3.05) is 19.6 Å². The minimum absolute atomic E-state index is 0.196. The summed E-state index contributed by atoms with van der Waals surface area (Å²) in [4.78, 5) is 13.5. The number of amides is 1. The molecule has 1 N–H and O–H groups in total. The molecule has 0 radical (unpaired) electrons. The molecule has 1 fully saturated rings. The summed E-state index contributed by atoms with van der Waals surface area (Å²) in [5.74, 6) is 0.498. The van der Waals surface area contributed by atoms with Crippen LogP contribution in [0.5, 0.6) is 0 Å².